The summed E-state index contributed by atoms with van der Waals surface area (Å²) in [4.78, 5) is 37.7. The first-order valence-electron chi connectivity index (χ1n) is 8.99. The summed E-state index contributed by atoms with van der Waals surface area (Å²) >= 11 is 1.46. The quantitative estimate of drug-likeness (QED) is 0.586. The molecule has 142 valence electrons. The molecule has 0 fully saturated rings. The Morgan fingerprint density at radius 1 is 1.19 bits per heavy atom. The highest BCUT2D eigenvalue weighted by molar-refractivity contribution is 7.08. The van der Waals surface area contributed by atoms with E-state index >= 15 is 0 Å². The summed E-state index contributed by atoms with van der Waals surface area (Å²) in [5.41, 5.74) is 2.67. The molecule has 6 nitrogen and oxygen atoms in total. The van der Waals surface area contributed by atoms with Gasteiger partial charge in [0.25, 0.3) is 11.8 Å². The number of ether oxygens (including phenoxy) is 1. The molecule has 2 heterocycles. The largest absolute Gasteiger partial charge is 0.456 e. The Labute approximate surface area is 162 Å². The van der Waals surface area contributed by atoms with E-state index in [1.807, 2.05) is 29.6 Å². The monoisotopic (exact) mass is 386 g/mol. The van der Waals surface area contributed by atoms with E-state index in [2.05, 4.69) is 5.32 Å². The van der Waals surface area contributed by atoms with Crippen LogP contribution >= 0.6 is 11.3 Å². The maximum absolute atomic E-state index is 12.4. The molecule has 0 saturated heterocycles. The average Bonchev–Trinajstić information content (AvgIpc) is 3.24. The van der Waals surface area contributed by atoms with Crippen LogP contribution in [0.2, 0.25) is 0 Å². The number of nitrogens with zero attached hydrogens (tertiary/aromatic N) is 1. The minimum Gasteiger partial charge on any atom is -0.456 e. The van der Waals surface area contributed by atoms with E-state index in [1.165, 1.54) is 11.3 Å². The first-order valence-corrected chi connectivity index (χ1v) is 9.94. The first-order chi connectivity index (χ1) is 13.1. The number of fused-ring (bicyclic) bond motifs is 1. The molecular weight excluding hydrogens is 364 g/mol. The summed E-state index contributed by atoms with van der Waals surface area (Å²) in [6.07, 6.45) is 2.49. The lowest BCUT2D eigenvalue weighted by Gasteiger charge is -2.29. The fourth-order valence-electron chi connectivity index (χ4n) is 3.02. The Morgan fingerprint density at radius 2 is 2.04 bits per heavy atom. The van der Waals surface area contributed by atoms with Crippen molar-refractivity contribution in [1.29, 1.82) is 0 Å². The number of amides is 2. The van der Waals surface area contributed by atoms with Crippen LogP contribution in [0.3, 0.4) is 0 Å². The lowest BCUT2D eigenvalue weighted by molar-refractivity contribution is -0.147. The number of thiophene rings is 1. The molecule has 2 aromatic rings. The highest BCUT2D eigenvalue weighted by Gasteiger charge is 2.22. The van der Waals surface area contributed by atoms with E-state index in [4.69, 9.17) is 4.74 Å². The van der Waals surface area contributed by atoms with Crippen molar-refractivity contribution in [3.63, 3.8) is 0 Å². The number of rotatable bonds is 7. The van der Waals surface area contributed by atoms with Gasteiger partial charge in [0.15, 0.2) is 6.61 Å². The molecule has 0 atom stereocenters. The van der Waals surface area contributed by atoms with Crippen molar-refractivity contribution in [2.75, 3.05) is 24.6 Å². The second kappa shape index (κ2) is 9.32. The van der Waals surface area contributed by atoms with Crippen LogP contribution in [0.25, 0.3) is 0 Å². The maximum Gasteiger partial charge on any atom is 0.306 e. The van der Waals surface area contributed by atoms with Crippen molar-refractivity contribution >= 4 is 34.8 Å². The van der Waals surface area contributed by atoms with Crippen molar-refractivity contribution in [2.45, 2.75) is 25.7 Å². The van der Waals surface area contributed by atoms with Crippen molar-refractivity contribution in [2.24, 2.45) is 0 Å². The molecule has 27 heavy (non-hydrogen) atoms. The van der Waals surface area contributed by atoms with Gasteiger partial charge in [0.2, 0.25) is 0 Å². The molecule has 3 rings (SSSR count). The molecule has 1 aromatic carbocycles. The summed E-state index contributed by atoms with van der Waals surface area (Å²) in [7, 11) is 0. The van der Waals surface area contributed by atoms with Crippen LogP contribution in [0.4, 0.5) is 5.69 Å². The van der Waals surface area contributed by atoms with Crippen LogP contribution in [-0.4, -0.2) is 37.5 Å². The molecule has 1 aromatic heterocycles. The fraction of sp³-hybridized carbons (Fsp3) is 0.350. The van der Waals surface area contributed by atoms with Gasteiger partial charge < -0.3 is 15.0 Å². The number of aryl methyl sites for hydroxylation is 1. The van der Waals surface area contributed by atoms with Gasteiger partial charge in [0.05, 0.1) is 0 Å². The molecule has 0 saturated carbocycles. The third-order valence-electron chi connectivity index (χ3n) is 4.39. The minimum absolute atomic E-state index is 0.149. The zero-order valence-corrected chi connectivity index (χ0v) is 15.8. The van der Waals surface area contributed by atoms with E-state index in [0.717, 1.165) is 24.1 Å². The molecule has 2 amide bonds. The first kappa shape index (κ1) is 19.1. The van der Waals surface area contributed by atoms with Gasteiger partial charge >= 0.3 is 5.97 Å². The van der Waals surface area contributed by atoms with Crippen molar-refractivity contribution in [3.05, 3.63) is 52.2 Å². The van der Waals surface area contributed by atoms with Crippen LogP contribution in [0, 0.1) is 0 Å². The number of carbonyl (C=O) groups is 3. The summed E-state index contributed by atoms with van der Waals surface area (Å²) in [6.45, 7) is 0.771. The van der Waals surface area contributed by atoms with Crippen LogP contribution in [0.1, 0.15) is 35.2 Å². The highest BCUT2D eigenvalue weighted by atomic mass is 32.1. The summed E-state index contributed by atoms with van der Waals surface area (Å²) < 4.78 is 5.11. The van der Waals surface area contributed by atoms with Crippen molar-refractivity contribution in [3.8, 4) is 0 Å². The number of anilines is 1. The molecule has 0 spiro atoms. The normalized spacial score (nSPS) is 13.0. The van der Waals surface area contributed by atoms with Gasteiger partial charge in [0.1, 0.15) is 0 Å². The van der Waals surface area contributed by atoms with Crippen LogP contribution in [-0.2, 0) is 20.7 Å². The summed E-state index contributed by atoms with van der Waals surface area (Å²) in [5, 5.41) is 6.36. The van der Waals surface area contributed by atoms with Gasteiger partial charge in [0, 0.05) is 36.1 Å². The zero-order valence-electron chi connectivity index (χ0n) is 15.0. The Bertz CT molecular complexity index is 804. The number of benzene rings is 1. The minimum atomic E-state index is -0.432. The van der Waals surface area contributed by atoms with Gasteiger partial charge in [-0.15, -0.1) is 0 Å². The van der Waals surface area contributed by atoms with Crippen molar-refractivity contribution in [1.82, 2.24) is 5.32 Å². The molecule has 0 unspecified atom stereocenters. The standard InChI is InChI=1S/C20H22N2O4S/c23-18(22-11-4-6-15-5-1-2-7-17(15)22)13-26-19(24)8-3-10-21-20(25)16-9-12-27-14-16/h1-2,5,7,9,12,14H,3-4,6,8,10-11,13H2,(H,21,25). The maximum atomic E-state index is 12.4. The SMILES string of the molecule is O=C(CCCNC(=O)c1ccsc1)OCC(=O)N1CCCc2ccccc21. The number of carbonyl (C=O) groups excluding carboxylic acids is 3. The molecule has 0 aliphatic carbocycles. The van der Waals surface area contributed by atoms with Gasteiger partial charge in [-0.1, -0.05) is 18.2 Å². The second-order valence-electron chi connectivity index (χ2n) is 6.31. The van der Waals surface area contributed by atoms with Crippen molar-refractivity contribution < 1.29 is 19.1 Å². The smallest absolute Gasteiger partial charge is 0.306 e. The molecule has 7 heteroatoms. The number of hydrogen-bond donors (Lipinski definition) is 1. The predicted molar refractivity (Wildman–Crippen MR) is 104 cm³/mol. The van der Waals surface area contributed by atoms with E-state index in [0.29, 0.717) is 25.1 Å². The molecule has 0 radical (unpaired) electrons. The molecule has 0 bridgehead atoms. The number of nitrogens with one attached hydrogen (secondary N) is 1. The molecule has 1 aliphatic rings. The molecule has 1 aliphatic heterocycles. The second-order valence-corrected chi connectivity index (χ2v) is 7.09. The third-order valence-corrected chi connectivity index (χ3v) is 5.08. The summed E-state index contributed by atoms with van der Waals surface area (Å²) in [6, 6.07) is 9.55. The van der Waals surface area contributed by atoms with Crippen LogP contribution in [0.5, 0.6) is 0 Å². The van der Waals surface area contributed by atoms with Gasteiger partial charge in [-0.2, -0.15) is 11.3 Å². The number of hydrogen-bond acceptors (Lipinski definition) is 5. The lowest BCUT2D eigenvalue weighted by Crippen LogP contribution is -2.38. The van der Waals surface area contributed by atoms with E-state index in [9.17, 15) is 14.4 Å². The van der Waals surface area contributed by atoms with Crippen LogP contribution in [0.15, 0.2) is 41.1 Å². The highest BCUT2D eigenvalue weighted by Crippen LogP contribution is 2.26. The van der Waals surface area contributed by atoms with Gasteiger partial charge in [-0.25, -0.2) is 0 Å². The average molecular weight is 386 g/mol. The van der Waals surface area contributed by atoms with E-state index in [1.54, 1.807) is 16.3 Å². The number of esters is 1. The topological polar surface area (TPSA) is 75.7 Å². The van der Waals surface area contributed by atoms with E-state index in [-0.39, 0.29) is 24.8 Å². The molecule has 1 N–H and O–H groups in total. The third kappa shape index (κ3) is 5.17. The van der Waals surface area contributed by atoms with Gasteiger partial charge in [-0.05, 0) is 42.3 Å². The Hall–Kier alpha value is -2.67. The lowest BCUT2D eigenvalue weighted by atomic mass is 10.0. The number of para-hydroxylation sites is 1. The Balaban J connectivity index is 1.37. The zero-order chi connectivity index (χ0) is 19.1. The predicted octanol–water partition coefficient (Wildman–Crippen LogP) is 2.78. The Morgan fingerprint density at radius 3 is 2.85 bits per heavy atom. The van der Waals surface area contributed by atoms with Gasteiger partial charge in [-0.3, -0.25) is 14.4 Å². The van der Waals surface area contributed by atoms with E-state index < -0.39 is 5.97 Å². The molecular formula is C20H22N2O4S. The summed E-state index contributed by atoms with van der Waals surface area (Å²) in [5.74, 6) is -0.789. The fourth-order valence-corrected chi connectivity index (χ4v) is 3.65. The Kier molecular flexibility index (Phi) is 6.59. The van der Waals surface area contributed by atoms with Crippen LogP contribution < -0.4 is 10.2 Å².